The third-order valence-corrected chi connectivity index (χ3v) is 4.19. The molecule has 0 heterocycles. The zero-order valence-corrected chi connectivity index (χ0v) is 17.6. The monoisotopic (exact) mass is 408 g/mol. The highest BCUT2D eigenvalue weighted by Gasteiger charge is 2.14. The quantitative estimate of drug-likeness (QED) is 0.541. The highest BCUT2D eigenvalue weighted by atomic mass is 35.5. The number of benzene rings is 2. The van der Waals surface area contributed by atoms with E-state index in [0.717, 1.165) is 16.7 Å². The number of aromatic hydroxyl groups is 1. The lowest BCUT2D eigenvalue weighted by atomic mass is 10.00. The van der Waals surface area contributed by atoms with Crippen LogP contribution >= 0.6 is 24.0 Å². The minimum absolute atomic E-state index is 0. The summed E-state index contributed by atoms with van der Waals surface area (Å²) in [5.41, 5.74) is 2.83. The summed E-state index contributed by atoms with van der Waals surface area (Å²) in [4.78, 5) is 16.6. The fourth-order valence-electron chi connectivity index (χ4n) is 2.70. The molecule has 27 heavy (non-hydrogen) atoms. The maximum Gasteiger partial charge on any atom is 0.185 e. The Morgan fingerprint density at radius 2 is 1.56 bits per heavy atom. The van der Waals surface area contributed by atoms with Crippen molar-refractivity contribution in [3.05, 3.63) is 69.8 Å². The molecule has 146 valence electrons. The van der Waals surface area contributed by atoms with Gasteiger partial charge in [0.05, 0.1) is 0 Å². The maximum atomic E-state index is 12.7. The smallest absolute Gasteiger partial charge is 0.185 e. The van der Waals surface area contributed by atoms with Gasteiger partial charge in [-0.2, -0.15) is 0 Å². The number of halogens is 2. The van der Waals surface area contributed by atoms with E-state index in [1.807, 2.05) is 56.2 Å². The van der Waals surface area contributed by atoms with E-state index in [1.165, 1.54) is 6.08 Å². The van der Waals surface area contributed by atoms with Crippen molar-refractivity contribution in [1.29, 1.82) is 0 Å². The van der Waals surface area contributed by atoms with Crippen molar-refractivity contribution >= 4 is 35.9 Å². The lowest BCUT2D eigenvalue weighted by molar-refractivity contribution is 0.104. The van der Waals surface area contributed by atoms with Gasteiger partial charge in [0, 0.05) is 34.8 Å². The second kappa shape index (κ2) is 10.5. The van der Waals surface area contributed by atoms with Gasteiger partial charge in [-0.1, -0.05) is 29.8 Å². The van der Waals surface area contributed by atoms with Crippen molar-refractivity contribution in [2.24, 2.45) is 0 Å². The highest BCUT2D eigenvalue weighted by Crippen LogP contribution is 2.27. The molecule has 0 aliphatic rings. The third kappa shape index (κ3) is 6.67. The molecule has 0 saturated carbocycles. The van der Waals surface area contributed by atoms with E-state index >= 15 is 0 Å². The summed E-state index contributed by atoms with van der Waals surface area (Å²) >= 11 is 6.13. The molecule has 0 aliphatic heterocycles. The van der Waals surface area contributed by atoms with Crippen LogP contribution in [0.3, 0.4) is 0 Å². The summed E-state index contributed by atoms with van der Waals surface area (Å²) in [6, 6.07) is 10.9. The minimum atomic E-state index is -0.120. The van der Waals surface area contributed by atoms with Crippen LogP contribution in [-0.4, -0.2) is 48.9 Å². The van der Waals surface area contributed by atoms with E-state index in [9.17, 15) is 9.90 Å². The maximum absolute atomic E-state index is 12.7. The Kier molecular flexibility index (Phi) is 9.00. The highest BCUT2D eigenvalue weighted by molar-refractivity contribution is 6.32. The van der Waals surface area contributed by atoms with Crippen LogP contribution in [0.4, 0.5) is 0 Å². The summed E-state index contributed by atoms with van der Waals surface area (Å²) in [5, 5.41) is 11.1. The van der Waals surface area contributed by atoms with Gasteiger partial charge in [0.2, 0.25) is 0 Å². The molecule has 0 unspecified atom stereocenters. The minimum Gasteiger partial charge on any atom is -0.507 e. The molecule has 0 spiro atoms. The average Bonchev–Trinajstić information content (AvgIpc) is 2.56. The first-order valence-corrected chi connectivity index (χ1v) is 8.77. The molecule has 2 rings (SSSR count). The van der Waals surface area contributed by atoms with Crippen molar-refractivity contribution < 1.29 is 9.90 Å². The predicted molar refractivity (Wildman–Crippen MR) is 115 cm³/mol. The van der Waals surface area contributed by atoms with Crippen molar-refractivity contribution in [2.45, 2.75) is 13.1 Å². The van der Waals surface area contributed by atoms with Gasteiger partial charge in [0.15, 0.2) is 5.78 Å². The molecule has 6 heteroatoms. The summed E-state index contributed by atoms with van der Waals surface area (Å²) in [5.74, 6) is 0.129. The largest absolute Gasteiger partial charge is 0.507 e. The number of phenols is 1. The standard InChI is InChI=1S/C21H25ClN2O2.ClH/c1-23(2)13-17-11-16(12-18(21(17)26)14-24(3)4)20(25)10-9-15-7-5-6-8-19(15)22;/h5-12,26H,13-14H2,1-4H3;1H. The predicted octanol–water partition coefficient (Wildman–Crippen LogP) is 4.49. The zero-order chi connectivity index (χ0) is 19.3. The fourth-order valence-corrected chi connectivity index (χ4v) is 2.90. The molecular formula is C21H26Cl2N2O2. The molecule has 0 aromatic heterocycles. The van der Waals surface area contributed by atoms with Crippen LogP contribution in [0.15, 0.2) is 42.5 Å². The molecule has 0 aliphatic carbocycles. The van der Waals surface area contributed by atoms with Gasteiger partial charge < -0.3 is 14.9 Å². The van der Waals surface area contributed by atoms with Crippen molar-refractivity contribution in [2.75, 3.05) is 28.2 Å². The number of carbonyl (C=O) groups is 1. The molecule has 0 saturated heterocycles. The normalized spacial score (nSPS) is 11.2. The molecule has 1 N–H and O–H groups in total. The summed E-state index contributed by atoms with van der Waals surface area (Å²) in [6.07, 6.45) is 3.24. The number of ketones is 1. The Morgan fingerprint density at radius 3 is 2.04 bits per heavy atom. The first kappa shape index (κ1) is 23.2. The van der Waals surface area contributed by atoms with Crippen molar-refractivity contribution in [1.82, 2.24) is 9.80 Å². The molecule has 0 bridgehead atoms. The molecule has 2 aromatic rings. The van der Waals surface area contributed by atoms with Crippen LogP contribution < -0.4 is 0 Å². The van der Waals surface area contributed by atoms with Gasteiger partial charge in [-0.3, -0.25) is 4.79 Å². The van der Waals surface area contributed by atoms with Crippen LogP contribution in [0, 0.1) is 0 Å². The number of hydrogen-bond acceptors (Lipinski definition) is 4. The first-order chi connectivity index (χ1) is 12.3. The third-order valence-electron chi connectivity index (χ3n) is 3.84. The second-order valence-electron chi connectivity index (χ2n) is 6.84. The Balaban J connectivity index is 0.00000364. The molecule has 2 aromatic carbocycles. The fraction of sp³-hybridized carbons (Fsp3) is 0.286. The first-order valence-electron chi connectivity index (χ1n) is 8.39. The van der Waals surface area contributed by atoms with Crippen LogP contribution in [0.5, 0.6) is 5.75 Å². The van der Waals surface area contributed by atoms with E-state index in [2.05, 4.69) is 0 Å². The van der Waals surface area contributed by atoms with Gasteiger partial charge in [-0.15, -0.1) is 12.4 Å². The molecule has 4 nitrogen and oxygen atoms in total. The molecule has 0 atom stereocenters. The lowest BCUT2D eigenvalue weighted by Crippen LogP contribution is -2.15. The van der Waals surface area contributed by atoms with Crippen molar-refractivity contribution in [3.8, 4) is 5.75 Å². The number of allylic oxidation sites excluding steroid dienone is 1. The van der Waals surface area contributed by atoms with Gasteiger partial charge in [0.1, 0.15) is 5.75 Å². The topological polar surface area (TPSA) is 43.8 Å². The molecule has 0 radical (unpaired) electrons. The van der Waals surface area contributed by atoms with E-state index in [1.54, 1.807) is 24.3 Å². The van der Waals surface area contributed by atoms with Crippen LogP contribution in [0.25, 0.3) is 6.08 Å². The average molecular weight is 409 g/mol. The Labute approximate surface area is 172 Å². The number of hydrogen-bond donors (Lipinski definition) is 1. The summed E-state index contributed by atoms with van der Waals surface area (Å²) < 4.78 is 0. The number of nitrogens with zero attached hydrogens (tertiary/aromatic N) is 2. The van der Waals surface area contributed by atoms with E-state index in [-0.39, 0.29) is 23.9 Å². The number of phenolic OH excluding ortho intramolecular Hbond substituents is 1. The Hall–Kier alpha value is -1.85. The van der Waals surface area contributed by atoms with E-state index < -0.39 is 0 Å². The Morgan fingerprint density at radius 1 is 1.04 bits per heavy atom. The second-order valence-corrected chi connectivity index (χ2v) is 7.24. The van der Waals surface area contributed by atoms with Gasteiger partial charge in [-0.25, -0.2) is 0 Å². The van der Waals surface area contributed by atoms with Crippen molar-refractivity contribution in [3.63, 3.8) is 0 Å². The Bertz CT molecular complexity index is 787. The van der Waals surface area contributed by atoms with Gasteiger partial charge in [-0.05, 0) is 64.1 Å². The van der Waals surface area contributed by atoms with E-state index in [0.29, 0.717) is 23.7 Å². The molecule has 0 amide bonds. The number of rotatable bonds is 7. The summed E-state index contributed by atoms with van der Waals surface area (Å²) in [6.45, 7) is 1.11. The van der Waals surface area contributed by atoms with Gasteiger partial charge >= 0.3 is 0 Å². The van der Waals surface area contributed by atoms with Crippen LogP contribution in [0.1, 0.15) is 27.0 Å². The lowest BCUT2D eigenvalue weighted by Gasteiger charge is -2.17. The SMILES string of the molecule is CN(C)Cc1cc(C(=O)C=Cc2ccccc2Cl)cc(CN(C)C)c1O.Cl. The molecule has 0 fully saturated rings. The van der Waals surface area contributed by atoms with E-state index in [4.69, 9.17) is 11.6 Å². The molecular weight excluding hydrogens is 383 g/mol. The van der Waals surface area contributed by atoms with Crippen LogP contribution in [0.2, 0.25) is 5.02 Å². The zero-order valence-electron chi connectivity index (χ0n) is 16.1. The van der Waals surface area contributed by atoms with Crippen LogP contribution in [-0.2, 0) is 13.1 Å². The summed E-state index contributed by atoms with van der Waals surface area (Å²) in [7, 11) is 7.71. The van der Waals surface area contributed by atoms with Gasteiger partial charge in [0.25, 0.3) is 0 Å². The number of carbonyl (C=O) groups excluding carboxylic acids is 1.